The normalized spacial score (nSPS) is 19.9. The molecule has 0 spiro atoms. The smallest absolute Gasteiger partial charge is 0.261 e. The van der Waals surface area contributed by atoms with Gasteiger partial charge in [-0.1, -0.05) is 30.3 Å². The molecule has 2 unspecified atom stereocenters. The highest BCUT2D eigenvalue weighted by Crippen LogP contribution is 2.18. The minimum atomic E-state index is -3.59. The van der Waals surface area contributed by atoms with E-state index in [4.69, 9.17) is 5.73 Å². The van der Waals surface area contributed by atoms with Gasteiger partial charge in [0.1, 0.15) is 11.4 Å². The number of amidine groups is 1. The number of nitrogens with zero attached hydrogens (tertiary/aromatic N) is 1. The lowest BCUT2D eigenvalue weighted by Gasteiger charge is -2.26. The molecule has 8 heteroatoms. The molecule has 2 aromatic carbocycles. The molecule has 7 nitrogen and oxygen atoms in total. The molecule has 3 rings (SSSR count). The number of rotatable bonds is 9. The number of anilines is 1. The molecule has 0 radical (unpaired) electrons. The molecule has 2 atom stereocenters. The van der Waals surface area contributed by atoms with Gasteiger partial charge in [0.15, 0.2) is 0 Å². The van der Waals surface area contributed by atoms with Crippen LogP contribution in [-0.2, 0) is 16.4 Å². The zero-order valence-electron chi connectivity index (χ0n) is 17.0. The average Bonchev–Trinajstić information content (AvgIpc) is 2.72. The quantitative estimate of drug-likeness (QED) is 0.488. The van der Waals surface area contributed by atoms with Crippen LogP contribution in [0.25, 0.3) is 0 Å². The fraction of sp³-hybridized carbons (Fsp3) is 0.318. The van der Waals surface area contributed by atoms with Crippen LogP contribution >= 0.6 is 0 Å². The third kappa shape index (κ3) is 6.16. The minimum absolute atomic E-state index is 0.196. The molecule has 0 fully saturated rings. The number of aliphatic imine (C=N–C) groups is 1. The third-order valence-electron chi connectivity index (χ3n) is 4.95. The highest BCUT2D eigenvalue weighted by molar-refractivity contribution is 7.92. The Hall–Kier alpha value is -2.68. The van der Waals surface area contributed by atoms with Gasteiger partial charge in [0.25, 0.3) is 10.0 Å². The third-order valence-corrected chi connectivity index (χ3v) is 6.35. The number of nitrogens with one attached hydrogen (secondary N) is 2. The average molecular weight is 429 g/mol. The Balaban J connectivity index is 1.48. The van der Waals surface area contributed by atoms with Crippen LogP contribution in [0.4, 0.5) is 5.69 Å². The van der Waals surface area contributed by atoms with E-state index in [1.807, 2.05) is 12.1 Å². The van der Waals surface area contributed by atoms with E-state index in [0.29, 0.717) is 24.5 Å². The van der Waals surface area contributed by atoms with Crippen LogP contribution in [0.3, 0.4) is 0 Å². The largest absolute Gasteiger partial charge is 0.384 e. The van der Waals surface area contributed by atoms with Gasteiger partial charge in [-0.3, -0.25) is 9.71 Å². The van der Waals surface area contributed by atoms with Gasteiger partial charge in [0, 0.05) is 11.7 Å². The predicted octanol–water partition coefficient (Wildman–Crippen LogP) is 2.06. The van der Waals surface area contributed by atoms with Crippen LogP contribution in [0.1, 0.15) is 18.9 Å². The first-order valence-corrected chi connectivity index (χ1v) is 11.4. The van der Waals surface area contributed by atoms with Crippen molar-refractivity contribution in [2.75, 3.05) is 17.8 Å². The minimum Gasteiger partial charge on any atom is -0.384 e. The Kier molecular flexibility index (Phi) is 6.91. The second-order valence-corrected chi connectivity index (χ2v) is 9.29. The monoisotopic (exact) mass is 428 g/mol. The maximum absolute atomic E-state index is 12.4. The summed E-state index contributed by atoms with van der Waals surface area (Å²) >= 11 is 0. The maximum Gasteiger partial charge on any atom is 0.261 e. The van der Waals surface area contributed by atoms with Crippen LogP contribution < -0.4 is 15.8 Å². The van der Waals surface area contributed by atoms with Crippen molar-refractivity contribution in [3.8, 4) is 0 Å². The SMILES string of the molecule is CC(Cc1ccc(NS(=O)(=O)c2ccccc2)cc1)NCCC1(O)C=CC(N)=NC1. The molecule has 1 heterocycles. The van der Waals surface area contributed by atoms with Gasteiger partial charge in [-0.05, 0) is 68.3 Å². The van der Waals surface area contributed by atoms with Crippen molar-refractivity contribution in [3.63, 3.8) is 0 Å². The highest BCUT2D eigenvalue weighted by atomic mass is 32.2. The topological polar surface area (TPSA) is 117 Å². The zero-order valence-corrected chi connectivity index (χ0v) is 17.8. The van der Waals surface area contributed by atoms with Gasteiger partial charge in [0.2, 0.25) is 0 Å². The van der Waals surface area contributed by atoms with Crippen molar-refractivity contribution in [2.45, 2.75) is 36.3 Å². The van der Waals surface area contributed by atoms with Crippen LogP contribution in [0.15, 0.2) is 76.6 Å². The van der Waals surface area contributed by atoms with Gasteiger partial charge >= 0.3 is 0 Å². The summed E-state index contributed by atoms with van der Waals surface area (Å²) in [5.41, 5.74) is 6.25. The van der Waals surface area contributed by atoms with E-state index in [2.05, 4.69) is 22.0 Å². The summed E-state index contributed by atoms with van der Waals surface area (Å²) in [7, 11) is -3.59. The summed E-state index contributed by atoms with van der Waals surface area (Å²) in [4.78, 5) is 4.31. The van der Waals surface area contributed by atoms with E-state index in [-0.39, 0.29) is 17.5 Å². The molecular weight excluding hydrogens is 400 g/mol. The molecule has 0 aliphatic carbocycles. The summed E-state index contributed by atoms with van der Waals surface area (Å²) in [6, 6.07) is 15.8. The molecule has 1 aliphatic rings. The Morgan fingerprint density at radius 3 is 2.50 bits per heavy atom. The summed E-state index contributed by atoms with van der Waals surface area (Å²) in [5.74, 6) is 0.440. The van der Waals surface area contributed by atoms with Gasteiger partial charge in [-0.25, -0.2) is 8.42 Å². The fourth-order valence-electron chi connectivity index (χ4n) is 3.22. The fourth-order valence-corrected chi connectivity index (χ4v) is 4.30. The Labute approximate surface area is 177 Å². The molecule has 30 heavy (non-hydrogen) atoms. The van der Waals surface area contributed by atoms with Gasteiger partial charge in [-0.2, -0.15) is 0 Å². The predicted molar refractivity (Wildman–Crippen MR) is 120 cm³/mol. The van der Waals surface area contributed by atoms with Crippen molar-refractivity contribution in [3.05, 3.63) is 72.3 Å². The Bertz CT molecular complexity index is 1000. The van der Waals surface area contributed by atoms with Crippen molar-refractivity contribution in [1.82, 2.24) is 5.32 Å². The van der Waals surface area contributed by atoms with Crippen molar-refractivity contribution in [2.24, 2.45) is 10.7 Å². The van der Waals surface area contributed by atoms with Gasteiger partial charge in [0.05, 0.1) is 11.4 Å². The lowest BCUT2D eigenvalue weighted by atomic mass is 9.97. The molecule has 0 saturated heterocycles. The van der Waals surface area contributed by atoms with E-state index in [0.717, 1.165) is 12.0 Å². The van der Waals surface area contributed by atoms with Crippen molar-refractivity contribution in [1.29, 1.82) is 0 Å². The summed E-state index contributed by atoms with van der Waals surface area (Å²) in [6.45, 7) is 3.00. The Morgan fingerprint density at radius 1 is 1.17 bits per heavy atom. The lowest BCUT2D eigenvalue weighted by molar-refractivity contribution is 0.0891. The first-order chi connectivity index (χ1) is 14.3. The summed E-state index contributed by atoms with van der Waals surface area (Å²) in [5, 5.41) is 13.9. The van der Waals surface area contributed by atoms with Crippen molar-refractivity contribution >= 4 is 21.5 Å². The van der Waals surface area contributed by atoms with Crippen LogP contribution in [0.2, 0.25) is 0 Å². The number of hydrogen-bond acceptors (Lipinski definition) is 6. The molecule has 1 aliphatic heterocycles. The first-order valence-electron chi connectivity index (χ1n) is 9.87. The van der Waals surface area contributed by atoms with E-state index in [1.165, 1.54) is 0 Å². The number of dihydropyridines is 1. The van der Waals surface area contributed by atoms with Crippen molar-refractivity contribution < 1.29 is 13.5 Å². The molecule has 0 saturated carbocycles. The van der Waals surface area contributed by atoms with E-state index < -0.39 is 15.6 Å². The van der Waals surface area contributed by atoms with Crippen LogP contribution in [0.5, 0.6) is 0 Å². The lowest BCUT2D eigenvalue weighted by Crippen LogP contribution is -2.39. The summed E-state index contributed by atoms with van der Waals surface area (Å²) < 4.78 is 27.4. The van der Waals surface area contributed by atoms with Crippen LogP contribution in [0, 0.1) is 0 Å². The van der Waals surface area contributed by atoms with Gasteiger partial charge in [-0.15, -0.1) is 0 Å². The van der Waals surface area contributed by atoms with Crippen LogP contribution in [-0.4, -0.2) is 44.1 Å². The Morgan fingerprint density at radius 2 is 1.87 bits per heavy atom. The molecule has 2 aromatic rings. The standard InChI is InChI=1S/C22H28N4O3S/c1-17(24-14-13-22(27)12-11-21(23)25-16-22)15-18-7-9-19(10-8-18)26-30(28,29)20-5-3-2-4-6-20/h2-12,17,24,26-27H,13-16H2,1H3,(H2,23,25). The number of aliphatic hydroxyl groups is 1. The summed E-state index contributed by atoms with van der Waals surface area (Å²) in [6.07, 6.45) is 4.67. The maximum atomic E-state index is 12.4. The molecule has 0 bridgehead atoms. The van der Waals surface area contributed by atoms with E-state index in [9.17, 15) is 13.5 Å². The molecule has 0 aromatic heterocycles. The molecular formula is C22H28N4O3S. The number of benzene rings is 2. The van der Waals surface area contributed by atoms with Gasteiger partial charge < -0.3 is 16.2 Å². The number of sulfonamides is 1. The highest BCUT2D eigenvalue weighted by Gasteiger charge is 2.25. The number of hydrogen-bond donors (Lipinski definition) is 4. The molecule has 5 N–H and O–H groups in total. The molecule has 160 valence electrons. The second-order valence-electron chi connectivity index (χ2n) is 7.60. The van der Waals surface area contributed by atoms with E-state index in [1.54, 1.807) is 54.6 Å². The molecule has 0 amide bonds. The first kappa shape index (κ1) is 22.0. The zero-order chi connectivity index (χ0) is 21.6. The number of nitrogens with two attached hydrogens (primary N) is 1. The van der Waals surface area contributed by atoms with E-state index >= 15 is 0 Å². The second kappa shape index (κ2) is 9.42.